The molecular weight excluding hydrogens is 296 g/mol. The molecule has 0 saturated carbocycles. The van der Waals surface area contributed by atoms with Crippen molar-refractivity contribution in [3.05, 3.63) is 35.4 Å². The molecular formula is C13H18N2O3S2. The van der Waals surface area contributed by atoms with Crippen LogP contribution >= 0.6 is 12.2 Å². The fourth-order valence-electron chi connectivity index (χ4n) is 2.14. The van der Waals surface area contributed by atoms with Crippen molar-refractivity contribution in [2.45, 2.75) is 31.2 Å². The Labute approximate surface area is 124 Å². The molecule has 2 unspecified atom stereocenters. The smallest absolute Gasteiger partial charge is 0.216 e. The number of ether oxygens (including phenoxy) is 1. The summed E-state index contributed by atoms with van der Waals surface area (Å²) in [6.45, 7) is 2.47. The van der Waals surface area contributed by atoms with Crippen LogP contribution in [-0.2, 0) is 20.5 Å². The molecule has 20 heavy (non-hydrogen) atoms. The quantitative estimate of drug-likeness (QED) is 0.790. The minimum absolute atomic E-state index is 0.0617. The van der Waals surface area contributed by atoms with Gasteiger partial charge in [-0.2, -0.15) is 0 Å². The highest BCUT2D eigenvalue weighted by molar-refractivity contribution is 7.88. The Balaban J connectivity index is 2.02. The summed E-state index contributed by atoms with van der Waals surface area (Å²) < 4.78 is 32.2. The first-order valence-electron chi connectivity index (χ1n) is 6.38. The van der Waals surface area contributed by atoms with Crippen molar-refractivity contribution in [1.82, 2.24) is 4.72 Å². The molecule has 1 aromatic carbocycles. The van der Waals surface area contributed by atoms with Crippen LogP contribution in [0.25, 0.3) is 0 Å². The van der Waals surface area contributed by atoms with Gasteiger partial charge in [-0.25, -0.2) is 13.1 Å². The molecule has 0 amide bonds. The van der Waals surface area contributed by atoms with Crippen molar-refractivity contribution in [2.75, 3.05) is 6.61 Å². The lowest BCUT2D eigenvalue weighted by Gasteiger charge is -2.16. The molecule has 7 heteroatoms. The third-order valence-electron chi connectivity index (χ3n) is 3.30. The Hall–Kier alpha value is -1.02. The average Bonchev–Trinajstić information content (AvgIpc) is 2.74. The van der Waals surface area contributed by atoms with Crippen LogP contribution in [0.15, 0.2) is 24.3 Å². The van der Waals surface area contributed by atoms with E-state index >= 15 is 0 Å². The van der Waals surface area contributed by atoms with Crippen LogP contribution in [-0.4, -0.2) is 32.2 Å². The van der Waals surface area contributed by atoms with E-state index in [1.54, 1.807) is 24.3 Å². The minimum Gasteiger partial charge on any atom is -0.389 e. The zero-order valence-corrected chi connectivity index (χ0v) is 12.8. The Morgan fingerprint density at radius 2 is 2.10 bits per heavy atom. The van der Waals surface area contributed by atoms with Gasteiger partial charge in [0.15, 0.2) is 0 Å². The highest BCUT2D eigenvalue weighted by Crippen LogP contribution is 2.15. The number of hydrogen-bond donors (Lipinski definition) is 2. The molecule has 5 nitrogen and oxygen atoms in total. The number of thiocarbonyl (C=S) groups is 1. The summed E-state index contributed by atoms with van der Waals surface area (Å²) in [5.74, 6) is -0.0617. The molecule has 1 aromatic rings. The standard InChI is InChI=1S/C13H18N2O3S2/c1-9-12(6-7-18-9)15-20(16,17)8-10-2-4-11(5-3-10)13(14)19/h2-5,9,12,15H,6-8H2,1H3,(H2,14,19). The van der Waals surface area contributed by atoms with Gasteiger partial charge in [-0.3, -0.25) is 0 Å². The minimum atomic E-state index is -3.38. The van der Waals surface area contributed by atoms with E-state index in [0.717, 1.165) is 5.56 Å². The fourth-order valence-corrected chi connectivity index (χ4v) is 3.76. The summed E-state index contributed by atoms with van der Waals surface area (Å²) in [6.07, 6.45) is 0.627. The highest BCUT2D eigenvalue weighted by atomic mass is 32.2. The third kappa shape index (κ3) is 3.99. The normalized spacial score (nSPS) is 22.9. The van der Waals surface area contributed by atoms with Crippen molar-refractivity contribution >= 4 is 27.2 Å². The van der Waals surface area contributed by atoms with Gasteiger partial charge in [0.05, 0.1) is 11.9 Å². The molecule has 1 heterocycles. The Morgan fingerprint density at radius 3 is 2.60 bits per heavy atom. The molecule has 0 bridgehead atoms. The molecule has 1 aliphatic rings. The summed E-state index contributed by atoms with van der Waals surface area (Å²) in [7, 11) is -3.38. The fraction of sp³-hybridized carbons (Fsp3) is 0.462. The van der Waals surface area contributed by atoms with Gasteiger partial charge in [0.25, 0.3) is 0 Å². The SMILES string of the molecule is CC1OCCC1NS(=O)(=O)Cc1ccc(C(N)=S)cc1. The number of nitrogens with two attached hydrogens (primary N) is 1. The molecule has 3 N–H and O–H groups in total. The lowest BCUT2D eigenvalue weighted by atomic mass is 10.1. The van der Waals surface area contributed by atoms with E-state index in [1.807, 2.05) is 6.92 Å². The second kappa shape index (κ2) is 6.17. The van der Waals surface area contributed by atoms with E-state index in [4.69, 9.17) is 22.7 Å². The Kier molecular flexibility index (Phi) is 4.74. The van der Waals surface area contributed by atoms with Crippen LogP contribution in [0.4, 0.5) is 0 Å². The lowest BCUT2D eigenvalue weighted by Crippen LogP contribution is -2.39. The van der Waals surface area contributed by atoms with E-state index in [1.165, 1.54) is 0 Å². The van der Waals surface area contributed by atoms with Crippen LogP contribution in [0, 0.1) is 0 Å². The van der Waals surface area contributed by atoms with Crippen LogP contribution in [0.5, 0.6) is 0 Å². The van der Waals surface area contributed by atoms with Crippen LogP contribution in [0.3, 0.4) is 0 Å². The van der Waals surface area contributed by atoms with Gasteiger partial charge in [0.2, 0.25) is 10.0 Å². The van der Waals surface area contributed by atoms with E-state index in [0.29, 0.717) is 23.6 Å². The monoisotopic (exact) mass is 314 g/mol. The maximum atomic E-state index is 12.1. The van der Waals surface area contributed by atoms with Crippen LogP contribution in [0.1, 0.15) is 24.5 Å². The molecule has 0 aromatic heterocycles. The largest absolute Gasteiger partial charge is 0.389 e. The van der Waals surface area contributed by atoms with Crippen molar-refractivity contribution in [3.63, 3.8) is 0 Å². The van der Waals surface area contributed by atoms with E-state index in [-0.39, 0.29) is 17.9 Å². The molecule has 110 valence electrons. The number of benzene rings is 1. The highest BCUT2D eigenvalue weighted by Gasteiger charge is 2.28. The van der Waals surface area contributed by atoms with Gasteiger partial charge >= 0.3 is 0 Å². The summed E-state index contributed by atoms with van der Waals surface area (Å²) in [4.78, 5) is 0.300. The summed E-state index contributed by atoms with van der Waals surface area (Å²) in [6, 6.07) is 6.77. The van der Waals surface area contributed by atoms with Crippen molar-refractivity contribution < 1.29 is 13.2 Å². The molecule has 2 atom stereocenters. The van der Waals surface area contributed by atoms with Crippen LogP contribution < -0.4 is 10.5 Å². The van der Waals surface area contributed by atoms with E-state index in [2.05, 4.69) is 4.72 Å². The molecule has 0 aliphatic carbocycles. The summed E-state index contributed by atoms with van der Waals surface area (Å²) in [5.41, 5.74) is 6.93. The van der Waals surface area contributed by atoms with Gasteiger partial charge in [-0.05, 0) is 18.9 Å². The van der Waals surface area contributed by atoms with Crippen LogP contribution in [0.2, 0.25) is 0 Å². The van der Waals surface area contributed by atoms with Gasteiger partial charge < -0.3 is 10.5 Å². The first kappa shape index (κ1) is 15.4. The van der Waals surface area contributed by atoms with Gasteiger partial charge in [0, 0.05) is 18.2 Å². The maximum absolute atomic E-state index is 12.1. The zero-order valence-electron chi connectivity index (χ0n) is 11.2. The van der Waals surface area contributed by atoms with Crippen molar-refractivity contribution in [2.24, 2.45) is 5.73 Å². The predicted molar refractivity (Wildman–Crippen MR) is 81.9 cm³/mol. The molecule has 1 aliphatic heterocycles. The Bertz CT molecular complexity index is 584. The van der Waals surface area contributed by atoms with Gasteiger partial charge in [-0.1, -0.05) is 36.5 Å². The molecule has 0 spiro atoms. The Morgan fingerprint density at radius 1 is 1.45 bits per heavy atom. The summed E-state index contributed by atoms with van der Waals surface area (Å²) >= 11 is 4.86. The lowest BCUT2D eigenvalue weighted by molar-refractivity contribution is 0.117. The first-order chi connectivity index (χ1) is 9.37. The van der Waals surface area contributed by atoms with Crippen molar-refractivity contribution in [3.8, 4) is 0 Å². The maximum Gasteiger partial charge on any atom is 0.216 e. The molecule has 1 saturated heterocycles. The molecule has 0 radical (unpaired) electrons. The first-order valence-corrected chi connectivity index (χ1v) is 8.44. The van der Waals surface area contributed by atoms with E-state index < -0.39 is 10.0 Å². The van der Waals surface area contributed by atoms with Gasteiger partial charge in [0.1, 0.15) is 4.99 Å². The number of hydrogen-bond acceptors (Lipinski definition) is 4. The molecule has 2 rings (SSSR count). The second-order valence-corrected chi connectivity index (χ2v) is 7.10. The average molecular weight is 314 g/mol. The predicted octanol–water partition coefficient (Wildman–Crippen LogP) is 0.918. The third-order valence-corrected chi connectivity index (χ3v) is 4.91. The number of nitrogens with one attached hydrogen (secondary N) is 1. The van der Waals surface area contributed by atoms with Gasteiger partial charge in [-0.15, -0.1) is 0 Å². The van der Waals surface area contributed by atoms with Crippen molar-refractivity contribution in [1.29, 1.82) is 0 Å². The zero-order chi connectivity index (χ0) is 14.8. The number of sulfonamides is 1. The topological polar surface area (TPSA) is 81.4 Å². The second-order valence-electron chi connectivity index (χ2n) is 4.91. The molecule has 1 fully saturated rings. The number of rotatable bonds is 5. The van der Waals surface area contributed by atoms with E-state index in [9.17, 15) is 8.42 Å². The summed E-state index contributed by atoms with van der Waals surface area (Å²) in [5, 5.41) is 0.